The number of anilines is 1. The number of carbonyl (C=O) groups excluding carboxylic acids is 1. The summed E-state index contributed by atoms with van der Waals surface area (Å²) in [4.78, 5) is 24.7. The van der Waals surface area contributed by atoms with Crippen LogP contribution in [0.1, 0.15) is 5.56 Å². The number of hydrogen-bond acceptors (Lipinski definition) is 5. The van der Waals surface area contributed by atoms with Crippen LogP contribution in [0.25, 0.3) is 0 Å². The van der Waals surface area contributed by atoms with Crippen LogP contribution in [0, 0.1) is 0 Å². The topological polar surface area (TPSA) is 75.4 Å². The van der Waals surface area contributed by atoms with E-state index in [4.69, 9.17) is 17.3 Å². The van der Waals surface area contributed by atoms with Gasteiger partial charge in [0.1, 0.15) is 12.1 Å². The van der Waals surface area contributed by atoms with Crippen molar-refractivity contribution in [2.75, 3.05) is 31.1 Å². The molecule has 1 aromatic heterocycles. The molecule has 0 spiro atoms. The summed E-state index contributed by atoms with van der Waals surface area (Å²) in [7, 11) is 0. The van der Waals surface area contributed by atoms with Gasteiger partial charge in [0.05, 0.1) is 6.04 Å². The van der Waals surface area contributed by atoms with Crippen molar-refractivity contribution in [1.29, 1.82) is 0 Å². The third-order valence-electron chi connectivity index (χ3n) is 4.17. The van der Waals surface area contributed by atoms with Crippen LogP contribution in [0.5, 0.6) is 0 Å². The van der Waals surface area contributed by atoms with Crippen molar-refractivity contribution in [3.8, 4) is 0 Å². The fourth-order valence-corrected chi connectivity index (χ4v) is 2.95. The Morgan fingerprint density at radius 3 is 2.50 bits per heavy atom. The molecule has 0 aliphatic carbocycles. The van der Waals surface area contributed by atoms with E-state index in [-0.39, 0.29) is 5.91 Å². The smallest absolute Gasteiger partial charge is 0.239 e. The molecule has 1 saturated heterocycles. The van der Waals surface area contributed by atoms with Gasteiger partial charge in [0.15, 0.2) is 0 Å². The Balaban J connectivity index is 1.53. The molecule has 3 rings (SSSR count). The molecular weight excluding hydrogens is 326 g/mol. The van der Waals surface area contributed by atoms with Gasteiger partial charge in [0, 0.05) is 37.4 Å². The fourth-order valence-electron chi connectivity index (χ4n) is 2.82. The Labute approximate surface area is 146 Å². The minimum absolute atomic E-state index is 0.00714. The summed E-state index contributed by atoms with van der Waals surface area (Å²) in [5, 5.41) is 0.680. The molecule has 24 heavy (non-hydrogen) atoms. The van der Waals surface area contributed by atoms with Gasteiger partial charge in [-0.05, 0) is 30.2 Å². The average Bonchev–Trinajstić information content (AvgIpc) is 2.64. The summed E-state index contributed by atoms with van der Waals surface area (Å²) in [6.07, 6.45) is 3.78. The van der Waals surface area contributed by atoms with E-state index in [9.17, 15) is 4.79 Å². The molecule has 1 amide bonds. The number of halogens is 1. The second-order valence-electron chi connectivity index (χ2n) is 5.82. The molecule has 0 saturated carbocycles. The van der Waals surface area contributed by atoms with Gasteiger partial charge in [-0.3, -0.25) is 4.79 Å². The third-order valence-corrected chi connectivity index (χ3v) is 4.42. The highest BCUT2D eigenvalue weighted by molar-refractivity contribution is 6.30. The second-order valence-corrected chi connectivity index (χ2v) is 6.25. The first-order chi connectivity index (χ1) is 11.6. The SMILES string of the molecule is N[C@H](Cc1ccc(Cl)cc1)C(=O)N1CCN(c2ccncn2)CC1. The molecular formula is C17H20ClN5O. The quantitative estimate of drug-likeness (QED) is 0.905. The van der Waals surface area contributed by atoms with Crippen molar-refractivity contribution in [3.63, 3.8) is 0 Å². The molecule has 2 N–H and O–H groups in total. The molecule has 0 bridgehead atoms. The molecule has 2 heterocycles. The Bertz CT molecular complexity index is 671. The average molecular weight is 346 g/mol. The van der Waals surface area contributed by atoms with Crippen molar-refractivity contribution in [2.45, 2.75) is 12.5 Å². The van der Waals surface area contributed by atoms with Crippen molar-refractivity contribution >= 4 is 23.3 Å². The lowest BCUT2D eigenvalue weighted by Crippen LogP contribution is -2.53. The first kappa shape index (κ1) is 16.7. The highest BCUT2D eigenvalue weighted by Crippen LogP contribution is 2.14. The van der Waals surface area contributed by atoms with E-state index < -0.39 is 6.04 Å². The summed E-state index contributed by atoms with van der Waals surface area (Å²) in [5.74, 6) is 0.884. The molecule has 1 fully saturated rings. The fraction of sp³-hybridized carbons (Fsp3) is 0.353. The van der Waals surface area contributed by atoms with Crippen LogP contribution in [-0.2, 0) is 11.2 Å². The molecule has 6 nitrogen and oxygen atoms in total. The Morgan fingerprint density at radius 1 is 1.17 bits per heavy atom. The zero-order valence-corrected chi connectivity index (χ0v) is 14.1. The molecule has 1 aliphatic rings. The maximum Gasteiger partial charge on any atom is 0.239 e. The van der Waals surface area contributed by atoms with Gasteiger partial charge >= 0.3 is 0 Å². The first-order valence-corrected chi connectivity index (χ1v) is 8.31. The van der Waals surface area contributed by atoms with Crippen molar-refractivity contribution in [2.24, 2.45) is 5.73 Å². The van der Waals surface area contributed by atoms with E-state index in [0.717, 1.165) is 24.5 Å². The van der Waals surface area contributed by atoms with Crippen LogP contribution in [-0.4, -0.2) is 53.0 Å². The van der Waals surface area contributed by atoms with Gasteiger partial charge in [-0.25, -0.2) is 9.97 Å². The van der Waals surface area contributed by atoms with Crippen molar-refractivity contribution in [3.05, 3.63) is 53.4 Å². The second kappa shape index (κ2) is 7.59. The minimum Gasteiger partial charge on any atom is -0.353 e. The number of hydrogen-bond donors (Lipinski definition) is 1. The summed E-state index contributed by atoms with van der Waals surface area (Å²) in [6.45, 7) is 2.79. The van der Waals surface area contributed by atoms with E-state index in [1.807, 2.05) is 35.2 Å². The lowest BCUT2D eigenvalue weighted by molar-refractivity contribution is -0.132. The first-order valence-electron chi connectivity index (χ1n) is 7.93. The summed E-state index contributed by atoms with van der Waals surface area (Å²) >= 11 is 5.88. The molecule has 2 aromatic rings. The zero-order valence-electron chi connectivity index (χ0n) is 13.3. The van der Waals surface area contributed by atoms with Crippen molar-refractivity contribution < 1.29 is 4.79 Å². The van der Waals surface area contributed by atoms with Gasteiger partial charge in [-0.1, -0.05) is 23.7 Å². The third kappa shape index (κ3) is 4.01. The number of amides is 1. The summed E-state index contributed by atoms with van der Waals surface area (Å²) in [6, 6.07) is 8.79. The van der Waals surface area contributed by atoms with E-state index >= 15 is 0 Å². The van der Waals surface area contributed by atoms with Gasteiger partial charge in [0.2, 0.25) is 5.91 Å². The van der Waals surface area contributed by atoms with Gasteiger partial charge < -0.3 is 15.5 Å². The van der Waals surface area contributed by atoms with Crippen LogP contribution >= 0.6 is 11.6 Å². The van der Waals surface area contributed by atoms with E-state index in [2.05, 4.69) is 14.9 Å². The van der Waals surface area contributed by atoms with Gasteiger partial charge in [-0.15, -0.1) is 0 Å². The number of nitrogens with zero attached hydrogens (tertiary/aromatic N) is 4. The van der Waals surface area contributed by atoms with Crippen LogP contribution in [0.15, 0.2) is 42.9 Å². The largest absolute Gasteiger partial charge is 0.353 e. The van der Waals surface area contributed by atoms with Crippen LogP contribution < -0.4 is 10.6 Å². The Hall–Kier alpha value is -2.18. The molecule has 126 valence electrons. The van der Waals surface area contributed by atoms with E-state index in [1.165, 1.54) is 6.33 Å². The molecule has 0 radical (unpaired) electrons. The number of piperazine rings is 1. The molecule has 1 aromatic carbocycles. The van der Waals surface area contributed by atoms with Crippen LogP contribution in [0.4, 0.5) is 5.82 Å². The molecule has 0 unspecified atom stereocenters. The highest BCUT2D eigenvalue weighted by Gasteiger charge is 2.25. The van der Waals surface area contributed by atoms with E-state index in [1.54, 1.807) is 6.20 Å². The van der Waals surface area contributed by atoms with Crippen LogP contribution in [0.2, 0.25) is 5.02 Å². The Kier molecular flexibility index (Phi) is 5.27. The molecule has 1 aliphatic heterocycles. The van der Waals surface area contributed by atoms with Gasteiger partial charge in [0.25, 0.3) is 0 Å². The zero-order chi connectivity index (χ0) is 16.9. The number of rotatable bonds is 4. The predicted octanol–water partition coefficient (Wildman–Crippen LogP) is 1.35. The number of carbonyl (C=O) groups is 1. The monoisotopic (exact) mass is 345 g/mol. The predicted molar refractivity (Wildman–Crippen MR) is 94.0 cm³/mol. The number of nitrogens with two attached hydrogens (primary N) is 1. The summed E-state index contributed by atoms with van der Waals surface area (Å²) in [5.41, 5.74) is 7.12. The molecule has 7 heteroatoms. The number of benzene rings is 1. The van der Waals surface area contributed by atoms with E-state index in [0.29, 0.717) is 24.5 Å². The standard InChI is InChI=1S/C17H20ClN5O/c18-14-3-1-13(2-4-14)11-15(19)17(24)23-9-7-22(8-10-23)16-5-6-20-12-21-16/h1-6,12,15H,7-11,19H2/t15-/m1/s1. The lowest BCUT2D eigenvalue weighted by atomic mass is 10.1. The minimum atomic E-state index is -0.531. The Morgan fingerprint density at radius 2 is 1.88 bits per heavy atom. The highest BCUT2D eigenvalue weighted by atomic mass is 35.5. The van der Waals surface area contributed by atoms with Crippen LogP contribution in [0.3, 0.4) is 0 Å². The normalized spacial score (nSPS) is 16.1. The number of aromatic nitrogens is 2. The summed E-state index contributed by atoms with van der Waals surface area (Å²) < 4.78 is 0. The van der Waals surface area contributed by atoms with Gasteiger partial charge in [-0.2, -0.15) is 0 Å². The maximum absolute atomic E-state index is 12.5. The maximum atomic E-state index is 12.5. The lowest BCUT2D eigenvalue weighted by Gasteiger charge is -2.36. The van der Waals surface area contributed by atoms with Crippen molar-refractivity contribution in [1.82, 2.24) is 14.9 Å². The molecule has 1 atom stereocenters.